The number of aliphatic carboxylic acids is 2. The molecule has 2 rings (SSSR count). The minimum absolute atomic E-state index is 0.141. The Morgan fingerprint density at radius 2 is 1.82 bits per heavy atom. The largest absolute Gasteiger partial charge is 0.481 e. The lowest BCUT2D eigenvalue weighted by molar-refractivity contribution is -0.140. The first-order valence-electron chi connectivity index (χ1n) is 10.6. The minimum Gasteiger partial charge on any atom is -0.481 e. The first-order valence-corrected chi connectivity index (χ1v) is 11.9. The van der Waals surface area contributed by atoms with Crippen LogP contribution in [0.25, 0.3) is 0 Å². The number of carboxylic acids is 2. The maximum atomic E-state index is 12.4. The number of amides is 2. The van der Waals surface area contributed by atoms with Gasteiger partial charge >= 0.3 is 11.9 Å². The molecule has 0 aliphatic carbocycles. The number of nitrogens with two attached hydrogens (primary N) is 2. The van der Waals surface area contributed by atoms with E-state index in [4.69, 9.17) is 16.6 Å². The van der Waals surface area contributed by atoms with Gasteiger partial charge in [-0.15, -0.1) is 0 Å². The molecule has 1 saturated heterocycles. The fourth-order valence-electron chi connectivity index (χ4n) is 3.66. The van der Waals surface area contributed by atoms with E-state index in [1.807, 2.05) is 18.4 Å². The van der Waals surface area contributed by atoms with Gasteiger partial charge in [0.15, 0.2) is 0 Å². The molecule has 0 spiro atoms. The van der Waals surface area contributed by atoms with Gasteiger partial charge in [-0.2, -0.15) is 11.8 Å². The fourth-order valence-corrected chi connectivity index (χ4v) is 4.49. The Balaban J connectivity index is 1.92. The van der Waals surface area contributed by atoms with Crippen LogP contribution in [0, 0.1) is 5.92 Å². The van der Waals surface area contributed by atoms with E-state index in [2.05, 4.69) is 16.0 Å². The summed E-state index contributed by atoms with van der Waals surface area (Å²) >= 11 is 1.65. The molecule has 1 aromatic rings. The molecule has 1 aliphatic rings. The van der Waals surface area contributed by atoms with Crippen molar-refractivity contribution in [2.75, 3.05) is 6.26 Å². The molecule has 182 valence electrons. The van der Waals surface area contributed by atoms with E-state index in [1.165, 1.54) is 0 Å². The van der Waals surface area contributed by atoms with Crippen molar-refractivity contribution < 1.29 is 29.4 Å². The van der Waals surface area contributed by atoms with Gasteiger partial charge in [0.2, 0.25) is 5.91 Å². The number of nitrogens with one attached hydrogen (secondary N) is 3. The summed E-state index contributed by atoms with van der Waals surface area (Å²) in [6.07, 6.45) is 2.45. The van der Waals surface area contributed by atoms with Gasteiger partial charge in [0, 0.05) is 17.2 Å². The van der Waals surface area contributed by atoms with Crippen LogP contribution in [0.4, 0.5) is 0 Å². The molecule has 0 radical (unpaired) electrons. The fraction of sp³-hybridized carbons (Fsp3) is 0.524. The second kappa shape index (κ2) is 12.5. The molecule has 2 amide bonds. The number of hydrogen-bond acceptors (Lipinski definition) is 8. The minimum atomic E-state index is -1.28. The van der Waals surface area contributed by atoms with Crippen LogP contribution in [-0.2, 0) is 14.4 Å². The van der Waals surface area contributed by atoms with Crippen LogP contribution in [0.5, 0.6) is 0 Å². The second-order valence-corrected chi connectivity index (χ2v) is 8.90. The average Bonchev–Trinajstić information content (AvgIpc) is 2.75. The zero-order valence-corrected chi connectivity index (χ0v) is 19.1. The smallest absolute Gasteiger partial charge is 0.326 e. The molecule has 12 heteroatoms. The van der Waals surface area contributed by atoms with Crippen LogP contribution < -0.4 is 27.4 Å². The van der Waals surface area contributed by atoms with E-state index < -0.39 is 36.3 Å². The standard InChI is InChI=1S/C21H31N5O6S/c1-33-15(4-2-3-13-17(22)25-21(23)26-19(13)30)11-5-7-12(8-6-11)18(29)24-14(20(31)32)9-10-16(27)28/h5-8,13-15,17,21,25H,2-4,9-10,22-23H2,1H3,(H,24,29)(H,26,30)(H,27,28)(H,31,32)/t13?,14-,15-,17?,21?/m0/s1. The lowest BCUT2D eigenvalue weighted by Gasteiger charge is -2.33. The summed E-state index contributed by atoms with van der Waals surface area (Å²) in [7, 11) is 0. The predicted molar refractivity (Wildman–Crippen MR) is 123 cm³/mol. The third-order valence-corrected chi connectivity index (χ3v) is 6.58. The summed E-state index contributed by atoms with van der Waals surface area (Å²) in [6, 6.07) is 5.56. The van der Waals surface area contributed by atoms with Crippen molar-refractivity contribution in [1.29, 1.82) is 0 Å². The number of carbonyl (C=O) groups is 4. The van der Waals surface area contributed by atoms with E-state index in [1.54, 1.807) is 23.9 Å². The highest BCUT2D eigenvalue weighted by atomic mass is 32.2. The summed E-state index contributed by atoms with van der Waals surface area (Å²) in [4.78, 5) is 46.5. The lowest BCUT2D eigenvalue weighted by atomic mass is 9.94. The first kappa shape index (κ1) is 26.6. The van der Waals surface area contributed by atoms with Gasteiger partial charge in [0.1, 0.15) is 12.3 Å². The molecular weight excluding hydrogens is 450 g/mol. The number of carboxylic acid groups (broad SMARTS) is 2. The molecule has 1 aliphatic heterocycles. The highest BCUT2D eigenvalue weighted by Gasteiger charge is 2.32. The van der Waals surface area contributed by atoms with E-state index in [0.717, 1.165) is 18.4 Å². The third kappa shape index (κ3) is 8.00. The molecule has 9 N–H and O–H groups in total. The van der Waals surface area contributed by atoms with E-state index >= 15 is 0 Å². The maximum Gasteiger partial charge on any atom is 0.326 e. The van der Waals surface area contributed by atoms with Gasteiger partial charge in [0.05, 0.1) is 12.1 Å². The van der Waals surface area contributed by atoms with Crippen LogP contribution in [-0.4, -0.2) is 58.7 Å². The topological polar surface area (TPSA) is 197 Å². The normalized spacial score (nSPS) is 22.2. The zero-order chi connectivity index (χ0) is 24.5. The van der Waals surface area contributed by atoms with Crippen molar-refractivity contribution in [3.63, 3.8) is 0 Å². The monoisotopic (exact) mass is 481 g/mol. The van der Waals surface area contributed by atoms with Crippen LogP contribution >= 0.6 is 11.8 Å². The van der Waals surface area contributed by atoms with Crippen LogP contribution in [0.15, 0.2) is 24.3 Å². The Morgan fingerprint density at radius 3 is 2.36 bits per heavy atom. The van der Waals surface area contributed by atoms with Gasteiger partial charge in [-0.3, -0.25) is 25.4 Å². The van der Waals surface area contributed by atoms with Crippen molar-refractivity contribution in [2.24, 2.45) is 17.4 Å². The molecule has 1 fully saturated rings. The van der Waals surface area contributed by atoms with Crippen LogP contribution in [0.1, 0.15) is 53.3 Å². The summed E-state index contributed by atoms with van der Waals surface area (Å²) in [6.45, 7) is 0. The Labute approximate surface area is 196 Å². The highest BCUT2D eigenvalue weighted by molar-refractivity contribution is 7.98. The quantitative estimate of drug-likeness (QED) is 0.216. The molecule has 0 saturated carbocycles. The predicted octanol–water partition coefficient (Wildman–Crippen LogP) is 0.172. The summed E-state index contributed by atoms with van der Waals surface area (Å²) < 4.78 is 0. The summed E-state index contributed by atoms with van der Waals surface area (Å²) in [5.41, 5.74) is 12.9. The molecule has 3 unspecified atom stereocenters. The van der Waals surface area contributed by atoms with Crippen molar-refractivity contribution >= 4 is 35.5 Å². The summed E-state index contributed by atoms with van der Waals surface area (Å²) in [5.74, 6) is -3.52. The van der Waals surface area contributed by atoms with Crippen molar-refractivity contribution in [3.05, 3.63) is 35.4 Å². The average molecular weight is 482 g/mol. The Morgan fingerprint density at radius 1 is 1.15 bits per heavy atom. The third-order valence-electron chi connectivity index (χ3n) is 5.50. The van der Waals surface area contributed by atoms with Crippen molar-refractivity contribution in [1.82, 2.24) is 16.0 Å². The molecule has 33 heavy (non-hydrogen) atoms. The Bertz CT molecular complexity index is 852. The number of hydrogen-bond donors (Lipinski definition) is 7. The first-order chi connectivity index (χ1) is 15.6. The number of carbonyl (C=O) groups excluding carboxylic acids is 2. The molecule has 5 atom stereocenters. The van der Waals surface area contributed by atoms with Crippen LogP contribution in [0.3, 0.4) is 0 Å². The van der Waals surface area contributed by atoms with Gasteiger partial charge in [0.25, 0.3) is 5.91 Å². The van der Waals surface area contributed by atoms with E-state index in [-0.39, 0.29) is 35.5 Å². The number of rotatable bonds is 12. The summed E-state index contributed by atoms with van der Waals surface area (Å²) in [5, 5.41) is 26.0. The zero-order valence-electron chi connectivity index (χ0n) is 18.3. The molecule has 1 heterocycles. The van der Waals surface area contributed by atoms with Gasteiger partial charge in [-0.25, -0.2) is 4.79 Å². The second-order valence-electron chi connectivity index (χ2n) is 7.86. The Kier molecular flexibility index (Phi) is 10.1. The molecule has 0 bridgehead atoms. The van der Waals surface area contributed by atoms with Gasteiger partial charge in [-0.1, -0.05) is 18.6 Å². The molecule has 1 aromatic carbocycles. The Hall–Kier alpha value is -2.67. The number of benzene rings is 1. The van der Waals surface area contributed by atoms with Crippen molar-refractivity contribution in [3.8, 4) is 0 Å². The molecule has 11 nitrogen and oxygen atoms in total. The van der Waals surface area contributed by atoms with Gasteiger partial charge < -0.3 is 26.6 Å². The number of thioether (sulfide) groups is 1. The molecular formula is C21H31N5O6S. The highest BCUT2D eigenvalue weighted by Crippen LogP contribution is 2.32. The van der Waals surface area contributed by atoms with E-state index in [0.29, 0.717) is 6.42 Å². The molecule has 0 aromatic heterocycles. The van der Waals surface area contributed by atoms with E-state index in [9.17, 15) is 24.3 Å². The SMILES string of the molecule is CS[C@@H](CCCC1C(=O)NC(N)NC1N)c1ccc(C(=O)N[C@@H](CCC(=O)O)C(=O)O)cc1. The lowest BCUT2D eigenvalue weighted by Crippen LogP contribution is -2.67. The van der Waals surface area contributed by atoms with Crippen LogP contribution in [0.2, 0.25) is 0 Å². The maximum absolute atomic E-state index is 12.4. The van der Waals surface area contributed by atoms with Crippen molar-refractivity contribution in [2.45, 2.75) is 55.9 Å². The van der Waals surface area contributed by atoms with Gasteiger partial charge in [-0.05, 0) is 43.2 Å².